The van der Waals surface area contributed by atoms with Gasteiger partial charge in [0.25, 0.3) is 5.91 Å². The molecule has 0 saturated carbocycles. The summed E-state index contributed by atoms with van der Waals surface area (Å²) in [4.78, 5) is 15.0. The van der Waals surface area contributed by atoms with E-state index >= 15 is 0 Å². The average Bonchev–Trinajstić information content (AvgIpc) is 3.36. The summed E-state index contributed by atoms with van der Waals surface area (Å²) < 4.78 is 1.84. The molecule has 6 heteroatoms. The van der Waals surface area contributed by atoms with Gasteiger partial charge in [0.1, 0.15) is 5.69 Å². The molecule has 1 N–H and O–H groups in total. The lowest BCUT2D eigenvalue weighted by atomic mass is 10.0. The van der Waals surface area contributed by atoms with Gasteiger partial charge in [0.05, 0.1) is 17.4 Å². The molecule has 0 radical (unpaired) electrons. The zero-order valence-electron chi connectivity index (χ0n) is 15.4. The number of likely N-dealkylation sites (tertiary alicyclic amines) is 1. The lowest BCUT2D eigenvalue weighted by molar-refractivity contribution is 0.0729. The molecule has 3 aromatic rings. The van der Waals surface area contributed by atoms with Crippen molar-refractivity contribution in [2.45, 2.75) is 32.7 Å². The van der Waals surface area contributed by atoms with Crippen LogP contribution in [0.3, 0.4) is 0 Å². The predicted octanol–water partition coefficient (Wildman–Crippen LogP) is 3.40. The molecule has 3 heterocycles. The largest absolute Gasteiger partial charge is 0.330 e. The van der Waals surface area contributed by atoms with Crippen molar-refractivity contribution in [3.8, 4) is 11.3 Å². The summed E-state index contributed by atoms with van der Waals surface area (Å²) >= 11 is 0. The van der Waals surface area contributed by atoms with E-state index in [2.05, 4.69) is 27.4 Å². The van der Waals surface area contributed by atoms with Crippen molar-refractivity contribution in [2.24, 2.45) is 7.05 Å². The Morgan fingerprint density at radius 1 is 1.23 bits per heavy atom. The van der Waals surface area contributed by atoms with Gasteiger partial charge >= 0.3 is 0 Å². The molecule has 4 rings (SSSR count). The Balaban J connectivity index is 1.62. The van der Waals surface area contributed by atoms with Gasteiger partial charge in [-0.1, -0.05) is 30.3 Å². The van der Waals surface area contributed by atoms with Crippen LogP contribution in [0.1, 0.15) is 46.3 Å². The molecular weight excluding hydrogens is 326 g/mol. The van der Waals surface area contributed by atoms with Crippen molar-refractivity contribution in [2.75, 3.05) is 6.54 Å². The molecule has 1 fully saturated rings. The Morgan fingerprint density at radius 2 is 2.00 bits per heavy atom. The van der Waals surface area contributed by atoms with Crippen LogP contribution in [0.5, 0.6) is 0 Å². The number of amides is 1. The van der Waals surface area contributed by atoms with Gasteiger partial charge in [-0.3, -0.25) is 14.6 Å². The lowest BCUT2D eigenvalue weighted by Gasteiger charge is -2.24. The van der Waals surface area contributed by atoms with Crippen LogP contribution >= 0.6 is 0 Å². The number of nitrogens with zero attached hydrogens (tertiary/aromatic N) is 4. The highest BCUT2D eigenvalue weighted by Crippen LogP contribution is 2.33. The Hall–Kier alpha value is -2.89. The normalized spacial score (nSPS) is 17.0. The van der Waals surface area contributed by atoms with Gasteiger partial charge in [-0.15, -0.1) is 0 Å². The molecular formula is C20H23N5O. The van der Waals surface area contributed by atoms with Gasteiger partial charge in [0.2, 0.25) is 0 Å². The second kappa shape index (κ2) is 6.44. The molecule has 1 amide bonds. The number of hydrogen-bond acceptors (Lipinski definition) is 3. The lowest BCUT2D eigenvalue weighted by Crippen LogP contribution is -2.30. The SMILES string of the molecule is Cc1nn(C)c(C)c1-c1cc(C(=O)N2CCCC2c2ccccc2)[nH]n1. The number of hydrogen-bond donors (Lipinski definition) is 1. The van der Waals surface area contributed by atoms with Gasteiger partial charge in [-0.25, -0.2) is 0 Å². The van der Waals surface area contributed by atoms with E-state index in [-0.39, 0.29) is 11.9 Å². The predicted molar refractivity (Wildman–Crippen MR) is 99.7 cm³/mol. The highest BCUT2D eigenvalue weighted by molar-refractivity contribution is 5.94. The minimum absolute atomic E-state index is 0.00861. The first kappa shape index (κ1) is 16.6. The topological polar surface area (TPSA) is 66.8 Å². The molecule has 26 heavy (non-hydrogen) atoms. The fourth-order valence-corrected chi connectivity index (χ4v) is 3.89. The second-order valence-corrected chi connectivity index (χ2v) is 6.90. The molecule has 0 aliphatic carbocycles. The third-order valence-corrected chi connectivity index (χ3v) is 5.27. The van der Waals surface area contributed by atoms with Crippen LogP contribution in [0, 0.1) is 13.8 Å². The zero-order chi connectivity index (χ0) is 18.3. The van der Waals surface area contributed by atoms with Crippen molar-refractivity contribution in [1.82, 2.24) is 24.9 Å². The summed E-state index contributed by atoms with van der Waals surface area (Å²) in [5, 5.41) is 11.8. The number of benzene rings is 1. The van der Waals surface area contributed by atoms with Gasteiger partial charge in [0.15, 0.2) is 0 Å². The van der Waals surface area contributed by atoms with E-state index in [1.165, 1.54) is 5.56 Å². The minimum Gasteiger partial charge on any atom is -0.330 e. The molecule has 134 valence electrons. The van der Waals surface area contributed by atoms with Gasteiger partial charge < -0.3 is 4.90 Å². The summed E-state index contributed by atoms with van der Waals surface area (Å²) in [7, 11) is 1.92. The zero-order valence-corrected chi connectivity index (χ0v) is 15.4. The molecule has 1 atom stereocenters. The highest BCUT2D eigenvalue weighted by Gasteiger charge is 2.31. The first-order valence-corrected chi connectivity index (χ1v) is 8.98. The van der Waals surface area contributed by atoms with Crippen molar-refractivity contribution < 1.29 is 4.79 Å². The molecule has 1 aliphatic heterocycles. The maximum atomic E-state index is 13.1. The Labute approximate surface area is 152 Å². The van der Waals surface area contributed by atoms with E-state index in [0.717, 1.165) is 42.0 Å². The van der Waals surface area contributed by atoms with E-state index in [1.807, 2.05) is 54.7 Å². The summed E-state index contributed by atoms with van der Waals surface area (Å²) in [6.45, 7) is 4.75. The van der Waals surface area contributed by atoms with Crippen molar-refractivity contribution in [3.63, 3.8) is 0 Å². The van der Waals surface area contributed by atoms with Crippen LogP contribution in [0.4, 0.5) is 0 Å². The molecule has 0 spiro atoms. The van der Waals surface area contributed by atoms with Crippen molar-refractivity contribution in [3.05, 3.63) is 59.0 Å². The van der Waals surface area contributed by atoms with E-state index in [1.54, 1.807) is 0 Å². The fourth-order valence-electron chi connectivity index (χ4n) is 3.89. The van der Waals surface area contributed by atoms with Crippen LogP contribution in [0.2, 0.25) is 0 Å². The maximum Gasteiger partial charge on any atom is 0.272 e. The summed E-state index contributed by atoms with van der Waals surface area (Å²) in [6.07, 6.45) is 2.02. The average molecular weight is 349 g/mol. The number of aromatic amines is 1. The molecule has 6 nitrogen and oxygen atoms in total. The standard InChI is InChI=1S/C20H23N5O/c1-13-19(14(2)24(3)23-13)16-12-17(22-21-16)20(26)25-11-7-10-18(25)15-8-5-4-6-9-15/h4-6,8-9,12,18H,7,10-11H2,1-3H3,(H,21,22). The Morgan fingerprint density at radius 3 is 2.69 bits per heavy atom. The van der Waals surface area contributed by atoms with E-state index in [0.29, 0.717) is 5.69 Å². The highest BCUT2D eigenvalue weighted by atomic mass is 16.2. The van der Waals surface area contributed by atoms with Crippen molar-refractivity contribution in [1.29, 1.82) is 0 Å². The third kappa shape index (κ3) is 2.71. The van der Waals surface area contributed by atoms with Crippen LogP contribution < -0.4 is 0 Å². The molecule has 2 aromatic heterocycles. The summed E-state index contributed by atoms with van der Waals surface area (Å²) in [5.41, 5.74) is 5.44. The number of carbonyl (C=O) groups excluding carboxylic acids is 1. The first-order valence-electron chi connectivity index (χ1n) is 8.98. The number of nitrogens with one attached hydrogen (secondary N) is 1. The Bertz CT molecular complexity index is 941. The van der Waals surface area contributed by atoms with E-state index in [9.17, 15) is 4.79 Å². The van der Waals surface area contributed by atoms with Gasteiger partial charge in [0, 0.05) is 24.8 Å². The van der Waals surface area contributed by atoms with Crippen LogP contribution in [0.25, 0.3) is 11.3 Å². The van der Waals surface area contributed by atoms with Gasteiger partial charge in [-0.05, 0) is 38.3 Å². The second-order valence-electron chi connectivity index (χ2n) is 6.90. The number of rotatable bonds is 3. The first-order chi connectivity index (χ1) is 12.6. The Kier molecular flexibility index (Phi) is 4.11. The monoisotopic (exact) mass is 349 g/mol. The maximum absolute atomic E-state index is 13.1. The molecule has 1 aliphatic rings. The minimum atomic E-state index is 0.00861. The molecule has 1 saturated heterocycles. The smallest absolute Gasteiger partial charge is 0.272 e. The molecule has 0 bridgehead atoms. The van der Waals surface area contributed by atoms with Crippen molar-refractivity contribution >= 4 is 5.91 Å². The van der Waals surface area contributed by atoms with Crippen LogP contribution in [-0.4, -0.2) is 37.3 Å². The van der Waals surface area contributed by atoms with Crippen LogP contribution in [0.15, 0.2) is 36.4 Å². The quantitative estimate of drug-likeness (QED) is 0.788. The molecule has 1 aromatic carbocycles. The number of carbonyl (C=O) groups is 1. The van der Waals surface area contributed by atoms with Crippen LogP contribution in [-0.2, 0) is 7.05 Å². The summed E-state index contributed by atoms with van der Waals surface area (Å²) in [5.74, 6) is 0.00861. The fraction of sp³-hybridized carbons (Fsp3) is 0.350. The number of aromatic nitrogens is 4. The molecule has 1 unspecified atom stereocenters. The van der Waals surface area contributed by atoms with E-state index in [4.69, 9.17) is 0 Å². The third-order valence-electron chi connectivity index (χ3n) is 5.27. The number of H-pyrrole nitrogens is 1. The van der Waals surface area contributed by atoms with E-state index < -0.39 is 0 Å². The number of aryl methyl sites for hydroxylation is 2. The van der Waals surface area contributed by atoms with Gasteiger partial charge in [-0.2, -0.15) is 10.2 Å². The summed E-state index contributed by atoms with van der Waals surface area (Å²) in [6, 6.07) is 12.2.